The van der Waals surface area contributed by atoms with Crippen molar-refractivity contribution in [1.82, 2.24) is 0 Å². The topological polar surface area (TPSA) is 52.4 Å². The number of aryl methyl sites for hydroxylation is 1. The Labute approximate surface area is 95.2 Å². The third-order valence-electron chi connectivity index (χ3n) is 2.08. The number of benzene rings is 1. The van der Waals surface area contributed by atoms with Gasteiger partial charge in [0, 0.05) is 6.07 Å². The summed E-state index contributed by atoms with van der Waals surface area (Å²) in [4.78, 5) is 9.88. The van der Waals surface area contributed by atoms with E-state index in [1.807, 2.05) is 0 Å². The fourth-order valence-corrected chi connectivity index (χ4v) is 1.13. The van der Waals surface area contributed by atoms with Crippen LogP contribution in [-0.2, 0) is 0 Å². The maximum atomic E-state index is 12.3. The molecule has 1 rings (SSSR count). The molecule has 1 unspecified atom stereocenters. The number of halogens is 3. The highest BCUT2D eigenvalue weighted by molar-refractivity contribution is 5.48. The predicted molar refractivity (Wildman–Crippen MR) is 54.0 cm³/mol. The zero-order chi connectivity index (χ0) is 13.2. The Kier molecular flexibility index (Phi) is 3.59. The summed E-state index contributed by atoms with van der Waals surface area (Å²) in [6.45, 7) is 2.40. The first-order chi connectivity index (χ1) is 7.71. The number of ether oxygens (including phenoxy) is 1. The van der Waals surface area contributed by atoms with Crippen LogP contribution in [0, 0.1) is 17.0 Å². The standard InChI is InChI=1S/C10H10F3NO3/c1-6-3-4-9(8(5-6)14(15)16)17-7(2)10(11,12)13/h3-5,7H,1-2H3. The molecule has 1 aromatic rings. The molecule has 0 saturated heterocycles. The van der Waals surface area contributed by atoms with Gasteiger partial charge in [-0.05, 0) is 25.5 Å². The Hall–Kier alpha value is -1.79. The molecule has 0 amide bonds. The van der Waals surface area contributed by atoms with Gasteiger partial charge in [0.05, 0.1) is 4.92 Å². The van der Waals surface area contributed by atoms with Gasteiger partial charge in [0.2, 0.25) is 0 Å². The van der Waals surface area contributed by atoms with E-state index in [-0.39, 0.29) is 5.75 Å². The summed E-state index contributed by atoms with van der Waals surface area (Å²) in [7, 11) is 0. The number of nitrogens with zero attached hydrogens (tertiary/aromatic N) is 1. The molecule has 17 heavy (non-hydrogen) atoms. The summed E-state index contributed by atoms with van der Waals surface area (Å²) in [5, 5.41) is 10.6. The average Bonchev–Trinajstić information content (AvgIpc) is 2.18. The second-order valence-electron chi connectivity index (χ2n) is 3.53. The minimum Gasteiger partial charge on any atom is -0.474 e. The first kappa shape index (κ1) is 13.3. The highest BCUT2D eigenvalue weighted by atomic mass is 19.4. The van der Waals surface area contributed by atoms with Crippen LogP contribution < -0.4 is 4.74 Å². The molecule has 0 bridgehead atoms. The molecule has 0 aliphatic heterocycles. The van der Waals surface area contributed by atoms with Crippen molar-refractivity contribution in [2.24, 2.45) is 0 Å². The van der Waals surface area contributed by atoms with Gasteiger partial charge < -0.3 is 4.74 Å². The van der Waals surface area contributed by atoms with Gasteiger partial charge in [-0.3, -0.25) is 10.1 Å². The van der Waals surface area contributed by atoms with Crippen molar-refractivity contribution in [3.63, 3.8) is 0 Å². The summed E-state index contributed by atoms with van der Waals surface area (Å²) in [6, 6.07) is 3.78. The molecule has 0 aliphatic rings. The molecule has 0 aromatic heterocycles. The van der Waals surface area contributed by atoms with Crippen molar-refractivity contribution in [3.05, 3.63) is 33.9 Å². The second-order valence-corrected chi connectivity index (χ2v) is 3.53. The second kappa shape index (κ2) is 4.60. The van der Waals surface area contributed by atoms with E-state index in [1.165, 1.54) is 12.1 Å². The maximum Gasteiger partial charge on any atom is 0.425 e. The third-order valence-corrected chi connectivity index (χ3v) is 2.08. The van der Waals surface area contributed by atoms with Crippen molar-refractivity contribution in [2.45, 2.75) is 26.1 Å². The molecule has 1 atom stereocenters. The molecule has 0 spiro atoms. The van der Waals surface area contributed by atoms with Crippen molar-refractivity contribution < 1.29 is 22.8 Å². The van der Waals surface area contributed by atoms with E-state index < -0.39 is 22.9 Å². The summed E-state index contributed by atoms with van der Waals surface area (Å²) in [6.07, 6.45) is -6.65. The van der Waals surface area contributed by atoms with E-state index >= 15 is 0 Å². The summed E-state index contributed by atoms with van der Waals surface area (Å²) in [5.74, 6) is -0.384. The quantitative estimate of drug-likeness (QED) is 0.610. The van der Waals surface area contributed by atoms with E-state index in [0.717, 1.165) is 13.0 Å². The molecule has 0 aliphatic carbocycles. The van der Waals surface area contributed by atoms with Gasteiger partial charge in [-0.15, -0.1) is 0 Å². The van der Waals surface area contributed by atoms with Crippen LogP contribution in [0.4, 0.5) is 18.9 Å². The summed E-state index contributed by atoms with van der Waals surface area (Å²) < 4.78 is 41.3. The van der Waals surface area contributed by atoms with Gasteiger partial charge in [-0.2, -0.15) is 13.2 Å². The highest BCUT2D eigenvalue weighted by Crippen LogP contribution is 2.32. The molecule has 7 heteroatoms. The average molecular weight is 249 g/mol. The van der Waals surface area contributed by atoms with Crippen molar-refractivity contribution in [2.75, 3.05) is 0 Å². The van der Waals surface area contributed by atoms with Crippen LogP contribution in [-0.4, -0.2) is 17.2 Å². The van der Waals surface area contributed by atoms with Crippen LogP contribution in [0.3, 0.4) is 0 Å². The molecule has 1 aromatic carbocycles. The van der Waals surface area contributed by atoms with Gasteiger partial charge in [0.25, 0.3) is 0 Å². The lowest BCUT2D eigenvalue weighted by Gasteiger charge is -2.17. The van der Waals surface area contributed by atoms with Crippen LogP contribution in [0.1, 0.15) is 12.5 Å². The van der Waals surface area contributed by atoms with E-state index in [1.54, 1.807) is 6.92 Å². The number of hydrogen-bond acceptors (Lipinski definition) is 3. The van der Waals surface area contributed by atoms with Crippen molar-refractivity contribution in [3.8, 4) is 5.75 Å². The molecule has 0 radical (unpaired) electrons. The Balaban J connectivity index is 3.03. The van der Waals surface area contributed by atoms with Crippen LogP contribution in [0.15, 0.2) is 18.2 Å². The monoisotopic (exact) mass is 249 g/mol. The zero-order valence-electron chi connectivity index (χ0n) is 9.12. The lowest BCUT2D eigenvalue weighted by atomic mass is 10.2. The van der Waals surface area contributed by atoms with Gasteiger partial charge in [-0.1, -0.05) is 6.07 Å². The van der Waals surface area contributed by atoms with Crippen molar-refractivity contribution in [1.29, 1.82) is 0 Å². The smallest absolute Gasteiger partial charge is 0.425 e. The summed E-state index contributed by atoms with van der Waals surface area (Å²) >= 11 is 0. The van der Waals surface area contributed by atoms with Crippen LogP contribution in [0.2, 0.25) is 0 Å². The molecular weight excluding hydrogens is 239 g/mol. The van der Waals surface area contributed by atoms with E-state index in [2.05, 4.69) is 4.74 Å². The molecule has 0 fully saturated rings. The third kappa shape index (κ3) is 3.33. The first-order valence-corrected chi connectivity index (χ1v) is 4.70. The van der Waals surface area contributed by atoms with Gasteiger partial charge in [0.1, 0.15) is 0 Å². The zero-order valence-corrected chi connectivity index (χ0v) is 9.12. The van der Waals surface area contributed by atoms with Crippen molar-refractivity contribution >= 4 is 5.69 Å². The number of nitro benzene ring substituents is 1. The lowest BCUT2D eigenvalue weighted by molar-refractivity contribution is -0.386. The molecule has 0 saturated carbocycles. The normalized spacial score (nSPS) is 13.2. The minimum absolute atomic E-state index is 0.384. The van der Waals surface area contributed by atoms with Crippen LogP contribution in [0.25, 0.3) is 0 Å². The van der Waals surface area contributed by atoms with Crippen LogP contribution in [0.5, 0.6) is 5.75 Å². The molecular formula is C10H10F3NO3. The SMILES string of the molecule is Cc1ccc(OC(C)C(F)(F)F)c([N+](=O)[O-])c1. The van der Waals surface area contributed by atoms with Crippen LogP contribution >= 0.6 is 0 Å². The number of hydrogen-bond donors (Lipinski definition) is 0. The Morgan fingerprint density at radius 1 is 1.41 bits per heavy atom. The van der Waals surface area contributed by atoms with Gasteiger partial charge in [-0.25, -0.2) is 0 Å². The summed E-state index contributed by atoms with van der Waals surface area (Å²) in [5.41, 5.74) is 0.102. The fraction of sp³-hybridized carbons (Fsp3) is 0.400. The molecule has 4 nitrogen and oxygen atoms in total. The maximum absolute atomic E-state index is 12.3. The van der Waals surface area contributed by atoms with E-state index in [0.29, 0.717) is 5.56 Å². The van der Waals surface area contributed by atoms with E-state index in [9.17, 15) is 23.3 Å². The Morgan fingerprint density at radius 3 is 2.47 bits per heavy atom. The first-order valence-electron chi connectivity index (χ1n) is 4.70. The minimum atomic E-state index is -4.56. The molecule has 94 valence electrons. The van der Waals surface area contributed by atoms with E-state index in [4.69, 9.17) is 0 Å². The fourth-order valence-electron chi connectivity index (χ4n) is 1.13. The number of nitro groups is 1. The largest absolute Gasteiger partial charge is 0.474 e. The van der Waals surface area contributed by atoms with Gasteiger partial charge >= 0.3 is 11.9 Å². The Bertz CT molecular complexity index is 431. The molecule has 0 N–H and O–H groups in total. The van der Waals surface area contributed by atoms with Gasteiger partial charge in [0.15, 0.2) is 11.9 Å². The number of rotatable bonds is 3. The number of alkyl halides is 3. The molecule has 0 heterocycles. The predicted octanol–water partition coefficient (Wildman–Crippen LogP) is 3.23. The Morgan fingerprint density at radius 2 is 2.00 bits per heavy atom. The lowest BCUT2D eigenvalue weighted by Crippen LogP contribution is -2.31. The highest BCUT2D eigenvalue weighted by Gasteiger charge is 2.39.